The molecule has 0 bridgehead atoms. The molecule has 2 aromatic heterocycles. The van der Waals surface area contributed by atoms with Gasteiger partial charge in [-0.15, -0.1) is 0 Å². The summed E-state index contributed by atoms with van der Waals surface area (Å²) in [6.45, 7) is 2.28. The first-order valence-corrected chi connectivity index (χ1v) is 8.88. The Morgan fingerprint density at radius 3 is 3.04 bits per heavy atom. The minimum atomic E-state index is -0.161. The zero-order chi connectivity index (χ0) is 19.7. The second-order valence-electron chi connectivity index (χ2n) is 6.73. The predicted molar refractivity (Wildman–Crippen MR) is 99.4 cm³/mol. The van der Waals surface area contributed by atoms with Crippen LogP contribution >= 0.6 is 0 Å². The van der Waals surface area contributed by atoms with Gasteiger partial charge in [0.15, 0.2) is 5.52 Å². The van der Waals surface area contributed by atoms with Crippen LogP contribution in [0.2, 0.25) is 0 Å². The van der Waals surface area contributed by atoms with Crippen molar-refractivity contribution in [3.63, 3.8) is 0 Å². The zero-order valence-corrected chi connectivity index (χ0v) is 15.2. The first-order valence-electron chi connectivity index (χ1n) is 8.88. The SMILES string of the molecule is Cc1nc2nonc2c(N)c1Cc1ccc(C#N)c(OC2CCC(=O)NC2)c1. The Morgan fingerprint density at radius 2 is 2.29 bits per heavy atom. The van der Waals surface area contributed by atoms with Crippen molar-refractivity contribution in [1.82, 2.24) is 20.6 Å². The molecule has 1 aliphatic heterocycles. The highest BCUT2D eigenvalue weighted by Gasteiger charge is 2.21. The quantitative estimate of drug-likeness (QED) is 0.698. The summed E-state index contributed by atoms with van der Waals surface area (Å²) >= 11 is 0. The van der Waals surface area contributed by atoms with Gasteiger partial charge in [-0.2, -0.15) is 5.26 Å². The van der Waals surface area contributed by atoms with E-state index in [1.165, 1.54) is 0 Å². The maximum Gasteiger partial charge on any atom is 0.226 e. The molecule has 1 aliphatic rings. The number of anilines is 1. The number of carbonyl (C=O) groups is 1. The fraction of sp³-hybridized carbons (Fsp3) is 0.316. The summed E-state index contributed by atoms with van der Waals surface area (Å²) in [5.41, 5.74) is 10.5. The number of aromatic nitrogens is 3. The summed E-state index contributed by atoms with van der Waals surface area (Å²) in [7, 11) is 0. The summed E-state index contributed by atoms with van der Waals surface area (Å²) in [4.78, 5) is 15.7. The van der Waals surface area contributed by atoms with E-state index < -0.39 is 0 Å². The zero-order valence-electron chi connectivity index (χ0n) is 15.2. The van der Waals surface area contributed by atoms with Gasteiger partial charge in [-0.1, -0.05) is 6.07 Å². The predicted octanol–water partition coefficient (Wildman–Crippen LogP) is 1.63. The van der Waals surface area contributed by atoms with Crippen molar-refractivity contribution in [3.05, 3.63) is 40.6 Å². The average molecular weight is 378 g/mol. The molecule has 4 rings (SSSR count). The van der Waals surface area contributed by atoms with Crippen molar-refractivity contribution in [2.75, 3.05) is 12.3 Å². The molecule has 1 saturated heterocycles. The molecule has 142 valence electrons. The number of benzene rings is 1. The molecule has 1 aromatic carbocycles. The number of ether oxygens (including phenoxy) is 1. The highest BCUT2D eigenvalue weighted by atomic mass is 16.6. The van der Waals surface area contributed by atoms with Gasteiger partial charge < -0.3 is 15.8 Å². The highest BCUT2D eigenvalue weighted by molar-refractivity contribution is 5.85. The van der Waals surface area contributed by atoms with Crippen LogP contribution < -0.4 is 15.8 Å². The second kappa shape index (κ2) is 7.15. The average Bonchev–Trinajstić information content (AvgIpc) is 3.16. The molecule has 1 fully saturated rings. The lowest BCUT2D eigenvalue weighted by molar-refractivity contribution is -0.123. The number of rotatable bonds is 4. The van der Waals surface area contributed by atoms with Crippen LogP contribution in [0.15, 0.2) is 22.8 Å². The summed E-state index contributed by atoms with van der Waals surface area (Å²) in [5.74, 6) is 0.514. The van der Waals surface area contributed by atoms with E-state index in [1.54, 1.807) is 6.07 Å². The Hall–Kier alpha value is -3.67. The number of nitrogen functional groups attached to an aromatic ring is 1. The monoisotopic (exact) mass is 378 g/mol. The number of hydrogen-bond donors (Lipinski definition) is 2. The summed E-state index contributed by atoms with van der Waals surface area (Å²) < 4.78 is 10.7. The molecule has 0 saturated carbocycles. The van der Waals surface area contributed by atoms with Gasteiger partial charge in [0.05, 0.1) is 17.8 Å². The van der Waals surface area contributed by atoms with E-state index in [-0.39, 0.29) is 12.0 Å². The summed E-state index contributed by atoms with van der Waals surface area (Å²) in [6.07, 6.45) is 1.37. The number of amides is 1. The largest absolute Gasteiger partial charge is 0.487 e. The van der Waals surface area contributed by atoms with E-state index in [9.17, 15) is 10.1 Å². The highest BCUT2D eigenvalue weighted by Crippen LogP contribution is 2.28. The molecule has 0 aliphatic carbocycles. The van der Waals surface area contributed by atoms with Gasteiger partial charge >= 0.3 is 0 Å². The number of nitriles is 1. The van der Waals surface area contributed by atoms with E-state index in [4.69, 9.17) is 15.1 Å². The molecular formula is C19H18N6O3. The third-order valence-corrected chi connectivity index (χ3v) is 4.82. The number of aryl methyl sites for hydroxylation is 1. The Morgan fingerprint density at radius 1 is 1.43 bits per heavy atom. The number of fused-ring (bicyclic) bond motifs is 1. The van der Waals surface area contributed by atoms with E-state index in [0.29, 0.717) is 54.0 Å². The molecular weight excluding hydrogens is 360 g/mol. The Bertz CT molecular complexity index is 1090. The molecule has 9 nitrogen and oxygen atoms in total. The van der Waals surface area contributed by atoms with Crippen LogP contribution in [0.3, 0.4) is 0 Å². The molecule has 1 atom stereocenters. The van der Waals surface area contributed by atoms with Crippen LogP contribution in [0.1, 0.15) is 35.2 Å². The molecule has 0 spiro atoms. The number of nitrogens with two attached hydrogens (primary N) is 1. The van der Waals surface area contributed by atoms with Crippen LogP contribution in [-0.4, -0.2) is 33.9 Å². The maximum atomic E-state index is 11.3. The van der Waals surface area contributed by atoms with Gasteiger partial charge in [0.1, 0.15) is 17.9 Å². The van der Waals surface area contributed by atoms with E-state index in [0.717, 1.165) is 16.8 Å². The summed E-state index contributed by atoms with van der Waals surface area (Å²) in [6, 6.07) is 7.56. The van der Waals surface area contributed by atoms with Crippen molar-refractivity contribution in [2.45, 2.75) is 32.3 Å². The molecule has 1 unspecified atom stereocenters. The summed E-state index contributed by atoms with van der Waals surface area (Å²) in [5, 5.41) is 19.7. The minimum absolute atomic E-state index is 0.0188. The van der Waals surface area contributed by atoms with Gasteiger partial charge in [-0.05, 0) is 41.4 Å². The molecule has 3 aromatic rings. The Labute approximate surface area is 160 Å². The van der Waals surface area contributed by atoms with E-state index in [1.807, 2.05) is 19.1 Å². The number of hydrogen-bond acceptors (Lipinski definition) is 8. The number of piperidine rings is 1. The number of pyridine rings is 1. The topological polar surface area (TPSA) is 140 Å². The Balaban J connectivity index is 1.62. The van der Waals surface area contributed by atoms with Crippen LogP contribution in [0.25, 0.3) is 11.2 Å². The van der Waals surface area contributed by atoms with Crippen molar-refractivity contribution >= 4 is 22.8 Å². The van der Waals surface area contributed by atoms with Gasteiger partial charge in [-0.3, -0.25) is 4.79 Å². The molecule has 0 radical (unpaired) electrons. The van der Waals surface area contributed by atoms with Crippen molar-refractivity contribution in [3.8, 4) is 11.8 Å². The lowest BCUT2D eigenvalue weighted by Gasteiger charge is -2.24. The number of nitrogens with zero attached hydrogens (tertiary/aromatic N) is 4. The third-order valence-electron chi connectivity index (χ3n) is 4.82. The molecule has 9 heteroatoms. The van der Waals surface area contributed by atoms with Crippen LogP contribution in [0.5, 0.6) is 5.75 Å². The van der Waals surface area contributed by atoms with Gasteiger partial charge in [0.2, 0.25) is 11.6 Å². The normalized spacial score (nSPS) is 16.6. The Kier molecular flexibility index (Phi) is 4.53. The smallest absolute Gasteiger partial charge is 0.226 e. The van der Waals surface area contributed by atoms with Gasteiger partial charge in [0.25, 0.3) is 0 Å². The van der Waals surface area contributed by atoms with E-state index in [2.05, 4.69) is 26.7 Å². The van der Waals surface area contributed by atoms with Gasteiger partial charge in [-0.25, -0.2) is 9.61 Å². The van der Waals surface area contributed by atoms with Crippen molar-refractivity contribution < 1.29 is 14.2 Å². The number of nitrogens with one attached hydrogen (secondary N) is 1. The fourth-order valence-corrected chi connectivity index (χ4v) is 3.28. The second-order valence-corrected chi connectivity index (χ2v) is 6.73. The van der Waals surface area contributed by atoms with Crippen molar-refractivity contribution in [1.29, 1.82) is 5.26 Å². The lowest BCUT2D eigenvalue weighted by atomic mass is 10.00. The van der Waals surface area contributed by atoms with Crippen LogP contribution in [0.4, 0.5) is 5.69 Å². The van der Waals surface area contributed by atoms with Gasteiger partial charge in [0, 0.05) is 24.1 Å². The molecule has 3 heterocycles. The first-order chi connectivity index (χ1) is 13.5. The standard InChI is InChI=1S/C19H18N6O3/c1-10-14(17(21)18-19(23-10)25-28-24-18)6-11-2-3-12(8-20)15(7-11)27-13-4-5-16(26)22-9-13/h2-3,7,13H,4-6,9,21H2,1H3,(H,22,26). The fourth-order valence-electron chi connectivity index (χ4n) is 3.28. The maximum absolute atomic E-state index is 11.3. The number of carbonyl (C=O) groups excluding carboxylic acids is 1. The molecule has 3 N–H and O–H groups in total. The molecule has 28 heavy (non-hydrogen) atoms. The minimum Gasteiger partial charge on any atom is -0.487 e. The van der Waals surface area contributed by atoms with Crippen molar-refractivity contribution in [2.24, 2.45) is 0 Å². The first kappa shape index (κ1) is 17.7. The lowest BCUT2D eigenvalue weighted by Crippen LogP contribution is -2.40. The van der Waals surface area contributed by atoms with Crippen LogP contribution in [0, 0.1) is 18.3 Å². The van der Waals surface area contributed by atoms with E-state index >= 15 is 0 Å². The molecule has 1 amide bonds. The third kappa shape index (κ3) is 3.32. The van der Waals surface area contributed by atoms with Crippen LogP contribution in [-0.2, 0) is 11.2 Å².